The Bertz CT molecular complexity index is 482. The molecule has 0 aromatic heterocycles. The van der Waals surface area contributed by atoms with Crippen molar-refractivity contribution in [2.45, 2.75) is 38.6 Å². The predicted molar refractivity (Wildman–Crippen MR) is 78.7 cm³/mol. The third-order valence-corrected chi connectivity index (χ3v) is 3.67. The Hall–Kier alpha value is -1.91. The zero-order valence-electron chi connectivity index (χ0n) is 12.3. The fraction of sp³-hybridized carbons (Fsp3) is 0.533. The van der Waals surface area contributed by atoms with Crippen LogP contribution >= 0.6 is 0 Å². The van der Waals surface area contributed by atoms with Gasteiger partial charge in [0.25, 0.3) is 0 Å². The molecule has 110 valence electrons. The Labute approximate surface area is 119 Å². The Morgan fingerprint density at radius 2 is 1.75 bits per heavy atom. The van der Waals surface area contributed by atoms with Crippen LogP contribution in [0.5, 0.6) is 11.5 Å². The average molecular weight is 278 g/mol. The molecule has 0 atom stereocenters. The van der Waals surface area contributed by atoms with Crippen LogP contribution in [0.3, 0.4) is 0 Å². The van der Waals surface area contributed by atoms with Crippen molar-refractivity contribution < 1.29 is 14.3 Å². The molecular formula is C15H22N2O3. The fourth-order valence-corrected chi connectivity index (χ4v) is 2.53. The summed E-state index contributed by atoms with van der Waals surface area (Å²) in [6.07, 6.45) is 4.53. The molecule has 0 heterocycles. The van der Waals surface area contributed by atoms with Gasteiger partial charge in [0.1, 0.15) is 0 Å². The fourth-order valence-electron chi connectivity index (χ4n) is 2.53. The lowest BCUT2D eigenvalue weighted by Crippen LogP contribution is -2.36. The minimum Gasteiger partial charge on any atom is -0.493 e. The summed E-state index contributed by atoms with van der Waals surface area (Å²) in [4.78, 5) is 12.0. The summed E-state index contributed by atoms with van der Waals surface area (Å²) in [5.41, 5.74) is 1.67. The van der Waals surface area contributed by atoms with E-state index >= 15 is 0 Å². The average Bonchev–Trinajstić information content (AvgIpc) is 2.93. The molecule has 0 unspecified atom stereocenters. The SMILES string of the molecule is COc1cc(C)c(NC(=O)NC2CCCC2)cc1OC. The van der Waals surface area contributed by atoms with Gasteiger partial charge in [-0.05, 0) is 31.4 Å². The van der Waals surface area contributed by atoms with Gasteiger partial charge in [-0.1, -0.05) is 12.8 Å². The van der Waals surface area contributed by atoms with Crippen molar-refractivity contribution in [3.05, 3.63) is 17.7 Å². The number of carbonyl (C=O) groups is 1. The smallest absolute Gasteiger partial charge is 0.319 e. The zero-order valence-corrected chi connectivity index (χ0v) is 12.3. The van der Waals surface area contributed by atoms with Crippen LogP contribution in [0.25, 0.3) is 0 Å². The lowest BCUT2D eigenvalue weighted by atomic mass is 10.1. The molecule has 0 aliphatic heterocycles. The number of hydrogen-bond donors (Lipinski definition) is 2. The number of urea groups is 1. The largest absolute Gasteiger partial charge is 0.493 e. The summed E-state index contributed by atoms with van der Waals surface area (Å²) in [5, 5.41) is 5.88. The molecule has 0 bridgehead atoms. The third kappa shape index (κ3) is 3.35. The first-order valence-electron chi connectivity index (χ1n) is 6.94. The number of rotatable bonds is 4. The number of aryl methyl sites for hydroxylation is 1. The van der Waals surface area contributed by atoms with Gasteiger partial charge in [-0.25, -0.2) is 4.79 Å². The van der Waals surface area contributed by atoms with Gasteiger partial charge in [0.05, 0.1) is 14.2 Å². The van der Waals surface area contributed by atoms with Crippen molar-refractivity contribution in [3.8, 4) is 11.5 Å². The summed E-state index contributed by atoms with van der Waals surface area (Å²) in [6, 6.07) is 3.77. The van der Waals surface area contributed by atoms with E-state index in [0.717, 1.165) is 24.1 Å². The molecule has 2 rings (SSSR count). The van der Waals surface area contributed by atoms with E-state index in [1.165, 1.54) is 12.8 Å². The predicted octanol–water partition coefficient (Wildman–Crippen LogP) is 3.08. The van der Waals surface area contributed by atoms with E-state index in [2.05, 4.69) is 10.6 Å². The lowest BCUT2D eigenvalue weighted by Gasteiger charge is -2.16. The van der Waals surface area contributed by atoms with Crippen LogP contribution in [0.2, 0.25) is 0 Å². The van der Waals surface area contributed by atoms with Crippen molar-refractivity contribution in [1.29, 1.82) is 0 Å². The molecule has 1 aliphatic rings. The summed E-state index contributed by atoms with van der Waals surface area (Å²) in [6.45, 7) is 1.92. The highest BCUT2D eigenvalue weighted by atomic mass is 16.5. The van der Waals surface area contributed by atoms with Crippen molar-refractivity contribution in [1.82, 2.24) is 5.32 Å². The first kappa shape index (κ1) is 14.5. The normalized spacial score (nSPS) is 14.9. The molecule has 1 aromatic carbocycles. The second-order valence-corrected chi connectivity index (χ2v) is 5.10. The number of hydrogen-bond acceptors (Lipinski definition) is 3. The first-order chi connectivity index (χ1) is 9.63. The molecule has 1 aromatic rings. The van der Waals surface area contributed by atoms with Gasteiger partial charge in [-0.15, -0.1) is 0 Å². The van der Waals surface area contributed by atoms with Crippen LogP contribution in [0.4, 0.5) is 10.5 Å². The van der Waals surface area contributed by atoms with Crippen LogP contribution in [-0.2, 0) is 0 Å². The topological polar surface area (TPSA) is 59.6 Å². The van der Waals surface area contributed by atoms with Crippen molar-refractivity contribution in [2.75, 3.05) is 19.5 Å². The van der Waals surface area contributed by atoms with Crippen molar-refractivity contribution in [3.63, 3.8) is 0 Å². The number of benzene rings is 1. The maximum atomic E-state index is 12.0. The van der Waals surface area contributed by atoms with E-state index in [4.69, 9.17) is 9.47 Å². The Kier molecular flexibility index (Phi) is 4.71. The Balaban J connectivity index is 2.06. The van der Waals surface area contributed by atoms with Crippen LogP contribution in [-0.4, -0.2) is 26.3 Å². The number of amides is 2. The summed E-state index contributed by atoms with van der Waals surface area (Å²) in [7, 11) is 3.17. The van der Waals surface area contributed by atoms with Crippen LogP contribution in [0.15, 0.2) is 12.1 Å². The molecule has 0 spiro atoms. The highest BCUT2D eigenvalue weighted by Crippen LogP contribution is 2.32. The molecule has 5 heteroatoms. The van der Waals surface area contributed by atoms with E-state index in [1.54, 1.807) is 20.3 Å². The highest BCUT2D eigenvalue weighted by Gasteiger charge is 2.18. The standard InChI is InChI=1S/C15H22N2O3/c1-10-8-13(19-2)14(20-3)9-12(10)17-15(18)16-11-6-4-5-7-11/h8-9,11H,4-7H2,1-3H3,(H2,16,17,18). The van der Waals surface area contributed by atoms with E-state index < -0.39 is 0 Å². The molecular weight excluding hydrogens is 256 g/mol. The van der Waals surface area contributed by atoms with E-state index in [0.29, 0.717) is 17.5 Å². The number of ether oxygens (including phenoxy) is 2. The molecule has 2 N–H and O–H groups in total. The molecule has 0 radical (unpaired) electrons. The third-order valence-electron chi connectivity index (χ3n) is 3.67. The Morgan fingerprint density at radius 1 is 1.15 bits per heavy atom. The van der Waals surface area contributed by atoms with E-state index in [1.807, 2.05) is 13.0 Å². The van der Waals surface area contributed by atoms with Gasteiger partial charge in [-0.3, -0.25) is 0 Å². The number of carbonyl (C=O) groups excluding carboxylic acids is 1. The van der Waals surface area contributed by atoms with Crippen molar-refractivity contribution >= 4 is 11.7 Å². The van der Waals surface area contributed by atoms with E-state index in [-0.39, 0.29) is 6.03 Å². The van der Waals surface area contributed by atoms with Gasteiger partial charge < -0.3 is 20.1 Å². The van der Waals surface area contributed by atoms with Gasteiger partial charge >= 0.3 is 6.03 Å². The maximum Gasteiger partial charge on any atom is 0.319 e. The molecule has 0 saturated heterocycles. The van der Waals surface area contributed by atoms with Crippen LogP contribution in [0.1, 0.15) is 31.2 Å². The molecule has 1 aliphatic carbocycles. The van der Waals surface area contributed by atoms with E-state index in [9.17, 15) is 4.79 Å². The molecule has 5 nitrogen and oxygen atoms in total. The Morgan fingerprint density at radius 3 is 2.35 bits per heavy atom. The van der Waals surface area contributed by atoms with Gasteiger partial charge in [0.15, 0.2) is 11.5 Å². The van der Waals surface area contributed by atoms with Crippen LogP contribution < -0.4 is 20.1 Å². The highest BCUT2D eigenvalue weighted by molar-refractivity contribution is 5.90. The number of nitrogens with one attached hydrogen (secondary N) is 2. The molecule has 2 amide bonds. The van der Waals surface area contributed by atoms with Gasteiger partial charge in [0.2, 0.25) is 0 Å². The molecule has 20 heavy (non-hydrogen) atoms. The molecule has 1 saturated carbocycles. The van der Waals surface area contributed by atoms with Crippen molar-refractivity contribution in [2.24, 2.45) is 0 Å². The minimum atomic E-state index is -0.160. The van der Waals surface area contributed by atoms with Gasteiger partial charge in [0, 0.05) is 17.8 Å². The minimum absolute atomic E-state index is 0.160. The van der Waals surface area contributed by atoms with Crippen LogP contribution in [0, 0.1) is 6.92 Å². The number of methoxy groups -OCH3 is 2. The lowest BCUT2D eigenvalue weighted by molar-refractivity contribution is 0.248. The first-order valence-corrected chi connectivity index (χ1v) is 6.94. The molecule has 1 fully saturated rings. The number of anilines is 1. The van der Waals surface area contributed by atoms with Gasteiger partial charge in [-0.2, -0.15) is 0 Å². The zero-order chi connectivity index (χ0) is 14.5. The second-order valence-electron chi connectivity index (χ2n) is 5.10. The summed E-state index contributed by atoms with van der Waals surface area (Å²) in [5.74, 6) is 1.26. The maximum absolute atomic E-state index is 12.0. The monoisotopic (exact) mass is 278 g/mol. The summed E-state index contributed by atoms with van der Waals surface area (Å²) < 4.78 is 10.5. The summed E-state index contributed by atoms with van der Waals surface area (Å²) >= 11 is 0. The second kappa shape index (κ2) is 6.50. The quantitative estimate of drug-likeness (QED) is 0.889.